The van der Waals surface area contributed by atoms with Gasteiger partial charge in [-0.1, -0.05) is 0 Å². The van der Waals surface area contributed by atoms with Crippen molar-refractivity contribution in [3.05, 3.63) is 18.4 Å². The van der Waals surface area contributed by atoms with E-state index in [4.69, 9.17) is 10.2 Å². The summed E-state index contributed by atoms with van der Waals surface area (Å²) in [5.74, 6) is 1.28. The fourth-order valence-electron chi connectivity index (χ4n) is 0.523. The van der Waals surface area contributed by atoms with Gasteiger partial charge in [-0.15, -0.1) is 0 Å². The molecule has 1 aromatic heterocycles. The quantitative estimate of drug-likeness (QED) is 0.480. The van der Waals surface area contributed by atoms with Crippen molar-refractivity contribution in [2.45, 2.75) is 13.5 Å². The van der Waals surface area contributed by atoms with Crippen LogP contribution in [0.5, 0.6) is 0 Å². The second-order valence-electron chi connectivity index (χ2n) is 1.93. The van der Waals surface area contributed by atoms with Crippen LogP contribution in [0.2, 0.25) is 0 Å². The number of nitrogens with zero attached hydrogens (tertiary/aromatic N) is 2. The van der Waals surface area contributed by atoms with Crippen LogP contribution in [0.1, 0.15) is 12.7 Å². The van der Waals surface area contributed by atoms with Crippen molar-refractivity contribution in [3.8, 4) is 0 Å². The Balaban J connectivity index is 2.49. The molecule has 0 atom stereocenters. The monoisotopic (exact) mass is 139 g/mol. The van der Waals surface area contributed by atoms with Crippen molar-refractivity contribution in [1.29, 1.82) is 0 Å². The van der Waals surface area contributed by atoms with Crippen molar-refractivity contribution in [2.24, 2.45) is 10.7 Å². The van der Waals surface area contributed by atoms with E-state index >= 15 is 0 Å². The molecule has 0 saturated heterocycles. The topological polar surface area (TPSA) is 64.4 Å². The fraction of sp³-hybridized carbons (Fsp3) is 0.333. The van der Waals surface area contributed by atoms with Crippen LogP contribution in [0.4, 0.5) is 0 Å². The van der Waals surface area contributed by atoms with E-state index in [0.717, 1.165) is 5.76 Å². The number of aliphatic imine (C=N–C) groups is 1. The molecule has 0 aliphatic rings. The van der Waals surface area contributed by atoms with Gasteiger partial charge in [-0.25, -0.2) is 4.98 Å². The van der Waals surface area contributed by atoms with E-state index in [9.17, 15) is 0 Å². The number of rotatable bonds is 2. The Morgan fingerprint density at radius 3 is 3.20 bits per heavy atom. The van der Waals surface area contributed by atoms with Gasteiger partial charge in [-0.05, 0) is 6.92 Å². The number of oxazole rings is 1. The highest BCUT2D eigenvalue weighted by Gasteiger charge is 1.91. The van der Waals surface area contributed by atoms with Crippen LogP contribution in [-0.4, -0.2) is 10.8 Å². The number of hydrogen-bond acceptors (Lipinski definition) is 3. The molecular weight excluding hydrogens is 130 g/mol. The minimum Gasteiger partial charge on any atom is -0.447 e. The molecule has 0 spiro atoms. The Labute approximate surface area is 58.8 Å². The lowest BCUT2D eigenvalue weighted by Crippen LogP contribution is -2.05. The Kier molecular flexibility index (Phi) is 2.04. The van der Waals surface area contributed by atoms with Crippen molar-refractivity contribution in [1.82, 2.24) is 4.98 Å². The summed E-state index contributed by atoms with van der Waals surface area (Å²) in [5, 5.41) is 0. The Morgan fingerprint density at radius 2 is 2.70 bits per heavy atom. The van der Waals surface area contributed by atoms with Gasteiger partial charge < -0.3 is 10.2 Å². The van der Waals surface area contributed by atoms with E-state index < -0.39 is 0 Å². The van der Waals surface area contributed by atoms with Crippen LogP contribution in [0.25, 0.3) is 0 Å². The van der Waals surface area contributed by atoms with Crippen LogP contribution in [0.3, 0.4) is 0 Å². The van der Waals surface area contributed by atoms with E-state index in [-0.39, 0.29) is 0 Å². The average molecular weight is 139 g/mol. The standard InChI is InChI=1S/C6H9N3O/c1-5(7)9-3-6-2-8-4-10-6/h2,4H,3H2,1H3,(H2,7,9). The van der Waals surface area contributed by atoms with E-state index in [1.807, 2.05) is 0 Å². The highest BCUT2D eigenvalue weighted by Crippen LogP contribution is 1.97. The molecule has 10 heavy (non-hydrogen) atoms. The van der Waals surface area contributed by atoms with Gasteiger partial charge in [-0.3, -0.25) is 4.99 Å². The summed E-state index contributed by atoms with van der Waals surface area (Å²) in [6.45, 7) is 2.21. The zero-order valence-electron chi connectivity index (χ0n) is 5.74. The molecule has 1 heterocycles. The predicted octanol–water partition coefficient (Wildman–Crippen LogP) is 0.552. The lowest BCUT2D eigenvalue weighted by Gasteiger charge is -1.88. The maximum absolute atomic E-state index is 5.30. The minimum atomic E-state index is 0.475. The molecule has 0 fully saturated rings. The number of amidine groups is 1. The molecule has 0 aromatic carbocycles. The van der Waals surface area contributed by atoms with Gasteiger partial charge in [0.25, 0.3) is 0 Å². The van der Waals surface area contributed by atoms with Crippen LogP contribution in [-0.2, 0) is 6.54 Å². The van der Waals surface area contributed by atoms with Gasteiger partial charge in [-0.2, -0.15) is 0 Å². The molecule has 1 rings (SSSR count). The van der Waals surface area contributed by atoms with Gasteiger partial charge in [0, 0.05) is 0 Å². The normalized spacial score (nSPS) is 11.9. The van der Waals surface area contributed by atoms with E-state index in [1.54, 1.807) is 13.1 Å². The third-order valence-electron chi connectivity index (χ3n) is 0.968. The first-order chi connectivity index (χ1) is 4.79. The molecule has 0 saturated carbocycles. The number of hydrogen-bond donors (Lipinski definition) is 1. The van der Waals surface area contributed by atoms with Gasteiger partial charge in [0.15, 0.2) is 6.39 Å². The summed E-state index contributed by atoms with van der Waals surface area (Å²) in [6, 6.07) is 0. The summed E-state index contributed by atoms with van der Waals surface area (Å²) in [6.07, 6.45) is 2.99. The molecule has 1 aromatic rings. The zero-order valence-corrected chi connectivity index (χ0v) is 5.74. The molecule has 4 nitrogen and oxygen atoms in total. The molecule has 0 aliphatic heterocycles. The van der Waals surface area contributed by atoms with Crippen LogP contribution in [0, 0.1) is 0 Å². The van der Waals surface area contributed by atoms with E-state index in [2.05, 4.69) is 9.98 Å². The maximum Gasteiger partial charge on any atom is 0.180 e. The van der Waals surface area contributed by atoms with Crippen LogP contribution < -0.4 is 5.73 Å². The molecule has 0 radical (unpaired) electrons. The summed E-state index contributed by atoms with van der Waals surface area (Å²) in [7, 11) is 0. The zero-order chi connectivity index (χ0) is 7.40. The highest BCUT2D eigenvalue weighted by molar-refractivity contribution is 5.77. The lowest BCUT2D eigenvalue weighted by atomic mass is 10.5. The highest BCUT2D eigenvalue weighted by atomic mass is 16.3. The average Bonchev–Trinajstić information content (AvgIpc) is 2.34. The number of aromatic nitrogens is 1. The number of nitrogens with two attached hydrogens (primary N) is 1. The first kappa shape index (κ1) is 6.80. The smallest absolute Gasteiger partial charge is 0.180 e. The van der Waals surface area contributed by atoms with Crippen molar-refractivity contribution in [2.75, 3.05) is 0 Å². The molecule has 2 N–H and O–H groups in total. The molecule has 0 amide bonds. The summed E-state index contributed by atoms with van der Waals surface area (Å²) in [4.78, 5) is 7.65. The SMILES string of the molecule is CC(N)=NCc1cnco1. The van der Waals surface area contributed by atoms with E-state index in [1.165, 1.54) is 6.39 Å². The largest absolute Gasteiger partial charge is 0.447 e. The molecule has 54 valence electrons. The minimum absolute atomic E-state index is 0.475. The lowest BCUT2D eigenvalue weighted by molar-refractivity contribution is 0.506. The van der Waals surface area contributed by atoms with Gasteiger partial charge in [0.2, 0.25) is 0 Å². The first-order valence-electron chi connectivity index (χ1n) is 2.93. The Bertz CT molecular complexity index is 211. The first-order valence-corrected chi connectivity index (χ1v) is 2.93. The second kappa shape index (κ2) is 3.00. The van der Waals surface area contributed by atoms with Crippen molar-refractivity contribution >= 4 is 5.84 Å². The van der Waals surface area contributed by atoms with Crippen molar-refractivity contribution in [3.63, 3.8) is 0 Å². The molecule has 0 bridgehead atoms. The van der Waals surface area contributed by atoms with Gasteiger partial charge in [0.05, 0.1) is 12.0 Å². The van der Waals surface area contributed by atoms with E-state index in [0.29, 0.717) is 12.4 Å². The Morgan fingerprint density at radius 1 is 1.90 bits per heavy atom. The van der Waals surface area contributed by atoms with Gasteiger partial charge >= 0.3 is 0 Å². The third-order valence-corrected chi connectivity index (χ3v) is 0.968. The Hall–Kier alpha value is -1.32. The van der Waals surface area contributed by atoms with Crippen molar-refractivity contribution < 1.29 is 4.42 Å². The van der Waals surface area contributed by atoms with Gasteiger partial charge in [0.1, 0.15) is 12.3 Å². The molecular formula is C6H9N3O. The molecule has 0 aliphatic carbocycles. The summed E-state index contributed by atoms with van der Waals surface area (Å²) >= 11 is 0. The van der Waals surface area contributed by atoms with Crippen LogP contribution >= 0.6 is 0 Å². The summed E-state index contributed by atoms with van der Waals surface area (Å²) in [5.41, 5.74) is 5.30. The maximum atomic E-state index is 5.30. The third kappa shape index (κ3) is 1.89. The molecule has 4 heteroatoms. The fourth-order valence-corrected chi connectivity index (χ4v) is 0.523. The predicted molar refractivity (Wildman–Crippen MR) is 37.5 cm³/mol. The molecule has 0 unspecified atom stereocenters. The summed E-state index contributed by atoms with van der Waals surface area (Å²) < 4.78 is 4.91. The second-order valence-corrected chi connectivity index (χ2v) is 1.93. The van der Waals surface area contributed by atoms with Crippen LogP contribution in [0.15, 0.2) is 22.0 Å².